The third-order valence-corrected chi connectivity index (χ3v) is 13.7. The van der Waals surface area contributed by atoms with E-state index in [4.69, 9.17) is 47.4 Å². The van der Waals surface area contributed by atoms with Gasteiger partial charge in [-0.1, -0.05) is 0 Å². The second kappa shape index (κ2) is 29.9. The van der Waals surface area contributed by atoms with E-state index in [2.05, 4.69) is 21.3 Å². The lowest BCUT2D eigenvalue weighted by Gasteiger charge is -2.49. The normalized spacial score (nSPS) is 42.5. The fourth-order valence-electron chi connectivity index (χ4n) is 9.64. The quantitative estimate of drug-likeness (QED) is 0.0427. The van der Waals surface area contributed by atoms with Crippen LogP contribution < -0.4 is 21.3 Å². The average molecular weight is 1160 g/mol. The van der Waals surface area contributed by atoms with Gasteiger partial charge in [0.2, 0.25) is 23.6 Å². The van der Waals surface area contributed by atoms with Crippen molar-refractivity contribution in [3.8, 4) is 0 Å². The Balaban J connectivity index is 1.30. The van der Waals surface area contributed by atoms with E-state index in [0.29, 0.717) is 0 Å². The lowest BCUT2D eigenvalue weighted by molar-refractivity contribution is -0.368. The number of carbonyl (C=O) groups is 4. The maximum Gasteiger partial charge on any atom is 0.217 e. The predicted molar refractivity (Wildman–Crippen MR) is 248 cm³/mol. The highest BCUT2D eigenvalue weighted by Crippen LogP contribution is 2.35. The van der Waals surface area contributed by atoms with Gasteiger partial charge in [-0.05, 0) is 0 Å². The molecule has 5 fully saturated rings. The number of hydrogen-bond acceptors (Lipinski definition) is 31. The van der Waals surface area contributed by atoms with Gasteiger partial charge in [0.15, 0.2) is 31.5 Å². The molecule has 0 aliphatic carbocycles. The summed E-state index contributed by atoms with van der Waals surface area (Å²) in [7, 11) is 0. The molecule has 5 aliphatic heterocycles. The van der Waals surface area contributed by atoms with Crippen LogP contribution in [0.2, 0.25) is 0 Å². The molecule has 4 amide bonds. The van der Waals surface area contributed by atoms with Crippen LogP contribution in [0, 0.1) is 0 Å². The molecule has 5 heterocycles. The molecule has 0 unspecified atom stereocenters. The summed E-state index contributed by atoms with van der Waals surface area (Å²) >= 11 is 0. The number of aliphatic hydroxyl groups excluding tert-OH is 17. The van der Waals surface area contributed by atoms with Crippen molar-refractivity contribution < 1.29 is 153 Å². The molecule has 0 aromatic heterocycles. The van der Waals surface area contributed by atoms with Crippen molar-refractivity contribution in [2.45, 2.75) is 205 Å². The lowest BCUT2D eigenvalue weighted by atomic mass is 9.94. The van der Waals surface area contributed by atoms with Gasteiger partial charge in [0, 0.05) is 27.7 Å². The molecule has 21 N–H and O–H groups in total. The van der Waals surface area contributed by atoms with Gasteiger partial charge in [-0.15, -0.1) is 0 Å². The lowest BCUT2D eigenvalue weighted by Crippen LogP contribution is -2.69. The van der Waals surface area contributed by atoms with Gasteiger partial charge in [-0.25, -0.2) is 0 Å². The number of ether oxygens (including phenoxy) is 10. The molecule has 0 saturated carbocycles. The van der Waals surface area contributed by atoms with Crippen molar-refractivity contribution in [3.63, 3.8) is 0 Å². The Labute approximate surface area is 449 Å². The minimum absolute atomic E-state index is 0.724. The highest BCUT2D eigenvalue weighted by atomic mass is 16.8. The SMILES string of the molecule is CC(=O)N[C@H]1[C@H](OC[C@@H](O)[C@H](O)[C@H](O[C@@H]2O[C@H](CO)[C@H](O[C@@H]3O[C@H](CO)[C@@H](O)[C@H](O)[C@H]3NC(C)=O)[C@H](O)[C@H]2O)[C@H](CO)NC(C)=O)O[C@H](CO)[C@@H](O[C@@H]2O[C@H](CO)[C@H](O[C@H]3O[C@H](CO)[C@@H](O)[C@H](O)[C@H]3NC(C)=O)[C@H](O)[C@H]2O)[C@@H]1O. The number of amides is 4. The fraction of sp³-hybridized carbons (Fsp3) is 0.909. The largest absolute Gasteiger partial charge is 0.394 e. The van der Waals surface area contributed by atoms with E-state index >= 15 is 0 Å². The minimum Gasteiger partial charge on any atom is -0.394 e. The summed E-state index contributed by atoms with van der Waals surface area (Å²) < 4.78 is 57.2. The van der Waals surface area contributed by atoms with Crippen LogP contribution in [-0.4, -0.2) is 334 Å². The maximum absolute atomic E-state index is 12.5. The summed E-state index contributed by atoms with van der Waals surface area (Å²) in [6.45, 7) is -2.71. The minimum atomic E-state index is -2.30. The van der Waals surface area contributed by atoms with Crippen LogP contribution in [0.25, 0.3) is 0 Å². The molecule has 29 atom stereocenters. The van der Waals surface area contributed by atoms with Crippen LogP contribution in [0.5, 0.6) is 0 Å². The monoisotopic (exact) mass is 1160 g/mol. The number of nitrogens with one attached hydrogen (secondary N) is 4. The second-order valence-electron chi connectivity index (χ2n) is 19.5. The molecule has 0 radical (unpaired) electrons. The standard InChI is InChI=1S/C44H76N4O31/c1-12(55)45-16(5-49)36(76-43-34(68)32(66)38(21(9-53)74-43)77-41-23(46-13(2)56)29(63)27(61)18(6-50)71-41)26(60)17(59)11-70-40-25(48-15(4)58)31(65)37(20(8-52)73-40)79-44-35(69)33(67)39(22(10-54)75-44)78-42-24(47-14(3)57)30(64)28(62)19(7-51)72-42/h16-44,49-54,59-69H,5-11H2,1-4H3,(H,45,55)(H,46,56)(H,47,57)(H,48,58)/t16-,17+,18+,19+,20+,21+,22+,23+,24+,25+,26-,27+,28+,29+,30+,31+,32+,33+,34+,35+,36+,37+,38-,39-,40+,41-,42+,43-,44-/m0/s1. The zero-order valence-electron chi connectivity index (χ0n) is 43.0. The van der Waals surface area contributed by atoms with Crippen molar-refractivity contribution in [1.82, 2.24) is 21.3 Å². The molecule has 5 aliphatic rings. The first-order valence-electron chi connectivity index (χ1n) is 25.0. The van der Waals surface area contributed by atoms with Crippen molar-refractivity contribution in [1.29, 1.82) is 0 Å². The van der Waals surface area contributed by atoms with Gasteiger partial charge in [0.1, 0.15) is 140 Å². The van der Waals surface area contributed by atoms with Crippen LogP contribution in [0.4, 0.5) is 0 Å². The van der Waals surface area contributed by atoms with Gasteiger partial charge in [-0.2, -0.15) is 0 Å². The van der Waals surface area contributed by atoms with E-state index in [9.17, 15) is 106 Å². The summed E-state index contributed by atoms with van der Waals surface area (Å²) in [6, 6.07) is -6.47. The predicted octanol–water partition coefficient (Wildman–Crippen LogP) is -13.9. The van der Waals surface area contributed by atoms with E-state index in [1.54, 1.807) is 0 Å². The molecule has 0 aromatic rings. The third-order valence-electron chi connectivity index (χ3n) is 13.7. The second-order valence-corrected chi connectivity index (χ2v) is 19.5. The van der Waals surface area contributed by atoms with Gasteiger partial charge in [0.05, 0.1) is 52.3 Å². The third kappa shape index (κ3) is 15.9. The Kier molecular flexibility index (Phi) is 25.2. The van der Waals surface area contributed by atoms with Crippen molar-refractivity contribution >= 4 is 23.6 Å². The summed E-state index contributed by atoms with van der Waals surface area (Å²) in [5, 5.41) is 192. The highest BCUT2D eigenvalue weighted by molar-refractivity contribution is 5.74. The van der Waals surface area contributed by atoms with Gasteiger partial charge < -0.3 is 155 Å². The first-order chi connectivity index (χ1) is 37.3. The maximum atomic E-state index is 12.5. The molecular weight excluding hydrogens is 1080 g/mol. The first kappa shape index (κ1) is 66.6. The Morgan fingerprint density at radius 3 is 1.18 bits per heavy atom. The van der Waals surface area contributed by atoms with E-state index in [-0.39, 0.29) is 0 Å². The number of rotatable bonds is 24. The molecule has 35 heteroatoms. The van der Waals surface area contributed by atoms with E-state index in [0.717, 1.165) is 27.7 Å². The molecular formula is C44H76N4O31. The Morgan fingerprint density at radius 2 is 0.785 bits per heavy atom. The number of aliphatic hydroxyl groups is 17. The average Bonchev–Trinajstić information content (AvgIpc) is 3.44. The van der Waals surface area contributed by atoms with Crippen LogP contribution in [0.3, 0.4) is 0 Å². The summed E-state index contributed by atoms with van der Waals surface area (Å²) in [5.74, 6) is -3.12. The molecule has 5 rings (SSSR count). The highest BCUT2D eigenvalue weighted by Gasteiger charge is 2.56. The summed E-state index contributed by atoms with van der Waals surface area (Å²) in [5.41, 5.74) is 0. The van der Waals surface area contributed by atoms with Gasteiger partial charge >= 0.3 is 0 Å². The number of hydrogen-bond donors (Lipinski definition) is 21. The Hall–Kier alpha value is -3.20. The topological polar surface area (TPSA) is 553 Å². The van der Waals surface area contributed by atoms with Crippen LogP contribution >= 0.6 is 0 Å². The molecule has 0 bridgehead atoms. The zero-order chi connectivity index (χ0) is 58.9. The van der Waals surface area contributed by atoms with Crippen LogP contribution in [-0.2, 0) is 66.5 Å². The fourth-order valence-corrected chi connectivity index (χ4v) is 9.64. The Morgan fingerprint density at radius 1 is 0.430 bits per heavy atom. The molecule has 35 nitrogen and oxygen atoms in total. The van der Waals surface area contributed by atoms with Crippen molar-refractivity contribution in [2.75, 3.05) is 46.2 Å². The van der Waals surface area contributed by atoms with Crippen LogP contribution in [0.15, 0.2) is 0 Å². The van der Waals surface area contributed by atoms with Crippen LogP contribution in [0.1, 0.15) is 27.7 Å². The molecule has 0 spiro atoms. The molecule has 5 saturated heterocycles. The van der Waals surface area contributed by atoms with Crippen molar-refractivity contribution in [3.05, 3.63) is 0 Å². The van der Waals surface area contributed by atoms with Crippen molar-refractivity contribution in [2.24, 2.45) is 0 Å². The smallest absolute Gasteiger partial charge is 0.217 e. The summed E-state index contributed by atoms with van der Waals surface area (Å²) in [4.78, 5) is 48.7. The van der Waals surface area contributed by atoms with E-state index < -0.39 is 248 Å². The summed E-state index contributed by atoms with van der Waals surface area (Å²) in [6.07, 6.45) is -47.1. The van der Waals surface area contributed by atoms with E-state index in [1.165, 1.54) is 0 Å². The Bertz CT molecular complexity index is 1940. The first-order valence-corrected chi connectivity index (χ1v) is 25.0. The zero-order valence-corrected chi connectivity index (χ0v) is 43.0. The van der Waals surface area contributed by atoms with Gasteiger partial charge in [-0.3, -0.25) is 19.2 Å². The number of carbonyl (C=O) groups excluding carboxylic acids is 4. The van der Waals surface area contributed by atoms with E-state index in [1.807, 2.05) is 0 Å². The molecule has 458 valence electrons. The van der Waals surface area contributed by atoms with Gasteiger partial charge in [0.25, 0.3) is 0 Å². The molecule has 79 heavy (non-hydrogen) atoms. The molecule has 0 aromatic carbocycles.